The molecule has 1 saturated carbocycles. The highest BCUT2D eigenvalue weighted by molar-refractivity contribution is 6.30. The van der Waals surface area contributed by atoms with Crippen LogP contribution in [-0.2, 0) is 9.53 Å². The van der Waals surface area contributed by atoms with Crippen LogP contribution in [0.25, 0.3) is 0 Å². The highest BCUT2D eigenvalue weighted by Crippen LogP contribution is 2.47. The van der Waals surface area contributed by atoms with Crippen molar-refractivity contribution in [3.8, 4) is 0 Å². The summed E-state index contributed by atoms with van der Waals surface area (Å²) < 4.78 is 6.11. The molecule has 4 rings (SSSR count). The first-order valence-electron chi connectivity index (χ1n) is 12.0. The number of hydrogen-bond donors (Lipinski definition) is 0. The first-order valence-corrected chi connectivity index (χ1v) is 12.8. The molecule has 1 amide bonds. The third-order valence-corrected chi connectivity index (χ3v) is 7.47. The number of rotatable bonds is 10. The predicted molar refractivity (Wildman–Crippen MR) is 136 cm³/mol. The molecule has 2 aromatic carbocycles. The van der Waals surface area contributed by atoms with Gasteiger partial charge in [0.1, 0.15) is 0 Å². The number of ether oxygens (including phenoxy) is 1. The molecule has 4 atom stereocenters. The molecule has 1 heterocycles. The first kappa shape index (κ1) is 24.3. The van der Waals surface area contributed by atoms with Gasteiger partial charge in [-0.25, -0.2) is 0 Å². The molecule has 5 heteroatoms. The summed E-state index contributed by atoms with van der Waals surface area (Å²) in [5.41, 5.74) is 2.25. The SMILES string of the molecule is C=CC[C@H]1C[C@H](c2cccc(Cl)c2)[C@@H](c2ccc(Cl)cc2)N([C@H](CC)COCC2CC2)C1=O. The fourth-order valence-corrected chi connectivity index (χ4v) is 5.37. The minimum atomic E-state index is -0.108. The van der Waals surface area contributed by atoms with Crippen LogP contribution in [-0.4, -0.2) is 30.1 Å². The van der Waals surface area contributed by atoms with Crippen LogP contribution in [0.3, 0.4) is 0 Å². The van der Waals surface area contributed by atoms with Gasteiger partial charge in [0.15, 0.2) is 0 Å². The van der Waals surface area contributed by atoms with E-state index in [1.807, 2.05) is 36.4 Å². The minimum Gasteiger partial charge on any atom is -0.379 e. The molecule has 1 aliphatic heterocycles. The molecule has 33 heavy (non-hydrogen) atoms. The molecule has 0 bridgehead atoms. The summed E-state index contributed by atoms with van der Waals surface area (Å²) in [6.07, 6.45) is 6.64. The molecule has 2 fully saturated rings. The van der Waals surface area contributed by atoms with E-state index in [2.05, 4.69) is 36.6 Å². The van der Waals surface area contributed by atoms with Gasteiger partial charge in [0.25, 0.3) is 0 Å². The molecule has 0 N–H and O–H groups in total. The Kier molecular flexibility index (Phi) is 8.16. The van der Waals surface area contributed by atoms with Crippen LogP contribution in [0, 0.1) is 11.8 Å². The van der Waals surface area contributed by atoms with Crippen LogP contribution in [0.4, 0.5) is 0 Å². The highest BCUT2D eigenvalue weighted by Gasteiger charge is 2.45. The van der Waals surface area contributed by atoms with Crippen molar-refractivity contribution in [3.05, 3.63) is 82.4 Å². The molecule has 0 unspecified atom stereocenters. The van der Waals surface area contributed by atoms with Crippen molar-refractivity contribution in [2.75, 3.05) is 13.2 Å². The zero-order valence-corrected chi connectivity index (χ0v) is 20.8. The molecule has 0 aromatic heterocycles. The second-order valence-electron chi connectivity index (χ2n) is 9.40. The van der Waals surface area contributed by atoms with E-state index in [-0.39, 0.29) is 29.8 Å². The van der Waals surface area contributed by atoms with Crippen LogP contribution in [0.1, 0.15) is 62.1 Å². The summed E-state index contributed by atoms with van der Waals surface area (Å²) in [5, 5.41) is 1.40. The lowest BCUT2D eigenvalue weighted by atomic mass is 9.74. The molecule has 2 aromatic rings. The van der Waals surface area contributed by atoms with Gasteiger partial charge in [-0.2, -0.15) is 0 Å². The van der Waals surface area contributed by atoms with E-state index in [0.29, 0.717) is 29.0 Å². The molecule has 1 saturated heterocycles. The highest BCUT2D eigenvalue weighted by atomic mass is 35.5. The smallest absolute Gasteiger partial charge is 0.226 e. The number of hydrogen-bond acceptors (Lipinski definition) is 2. The van der Waals surface area contributed by atoms with Crippen molar-refractivity contribution in [3.63, 3.8) is 0 Å². The van der Waals surface area contributed by atoms with Crippen LogP contribution in [0.2, 0.25) is 10.0 Å². The molecular weight excluding hydrogens is 453 g/mol. The maximum absolute atomic E-state index is 13.9. The Morgan fingerprint density at radius 1 is 1.12 bits per heavy atom. The number of benzene rings is 2. The summed E-state index contributed by atoms with van der Waals surface area (Å²) >= 11 is 12.6. The lowest BCUT2D eigenvalue weighted by Gasteiger charge is -2.48. The van der Waals surface area contributed by atoms with E-state index in [1.165, 1.54) is 12.8 Å². The minimum absolute atomic E-state index is 0.00577. The van der Waals surface area contributed by atoms with Gasteiger partial charge in [-0.1, -0.05) is 60.5 Å². The Balaban J connectivity index is 1.75. The Bertz CT molecular complexity index is 957. The van der Waals surface area contributed by atoms with Gasteiger partial charge in [-0.15, -0.1) is 6.58 Å². The number of allylic oxidation sites excluding steroid dienone is 1. The maximum atomic E-state index is 13.9. The monoisotopic (exact) mass is 485 g/mol. The lowest BCUT2D eigenvalue weighted by molar-refractivity contribution is -0.148. The molecule has 176 valence electrons. The summed E-state index contributed by atoms with van der Waals surface area (Å²) in [5.74, 6) is 0.895. The topological polar surface area (TPSA) is 29.5 Å². The predicted octanol–water partition coefficient (Wildman–Crippen LogP) is 7.45. The number of amides is 1. The van der Waals surface area contributed by atoms with E-state index in [9.17, 15) is 4.79 Å². The van der Waals surface area contributed by atoms with Crippen molar-refractivity contribution in [1.82, 2.24) is 4.90 Å². The van der Waals surface area contributed by atoms with Gasteiger partial charge in [0.05, 0.1) is 18.7 Å². The number of carbonyl (C=O) groups is 1. The van der Waals surface area contributed by atoms with Crippen LogP contribution < -0.4 is 0 Å². The Hall–Kier alpha value is -1.81. The third-order valence-electron chi connectivity index (χ3n) is 6.99. The van der Waals surface area contributed by atoms with E-state index in [1.54, 1.807) is 0 Å². The van der Waals surface area contributed by atoms with Gasteiger partial charge in [0.2, 0.25) is 5.91 Å². The van der Waals surface area contributed by atoms with E-state index < -0.39 is 0 Å². The van der Waals surface area contributed by atoms with E-state index in [0.717, 1.165) is 30.6 Å². The summed E-state index contributed by atoms with van der Waals surface area (Å²) in [6, 6.07) is 15.9. The van der Waals surface area contributed by atoms with Crippen molar-refractivity contribution in [2.45, 2.75) is 57.0 Å². The third kappa shape index (κ3) is 5.82. The van der Waals surface area contributed by atoms with E-state index >= 15 is 0 Å². The molecular formula is C28H33Cl2NO2. The summed E-state index contributed by atoms with van der Waals surface area (Å²) in [6.45, 7) is 7.42. The number of piperidine rings is 1. The standard InChI is InChI=1S/C28H33Cl2NO2/c1-3-6-22-16-26(21-7-5-8-24(30)15-21)27(20-11-13-23(29)14-12-20)31(28(22)32)25(4-2)18-33-17-19-9-10-19/h3,5,7-8,11-15,19,22,25-27H,1,4,6,9-10,16-18H2,2H3/t22-,25+,26+,27+/m0/s1. The molecule has 2 aliphatic rings. The largest absolute Gasteiger partial charge is 0.379 e. The zero-order chi connectivity index (χ0) is 23.4. The average Bonchev–Trinajstić information content (AvgIpc) is 3.63. The summed E-state index contributed by atoms with van der Waals surface area (Å²) in [7, 11) is 0. The summed E-state index contributed by atoms with van der Waals surface area (Å²) in [4.78, 5) is 16.0. The van der Waals surface area contributed by atoms with Crippen LogP contribution in [0.5, 0.6) is 0 Å². The normalized spacial score (nSPS) is 24.0. The van der Waals surface area contributed by atoms with Crippen LogP contribution in [0.15, 0.2) is 61.2 Å². The Morgan fingerprint density at radius 2 is 1.88 bits per heavy atom. The van der Waals surface area contributed by atoms with Gasteiger partial charge in [0, 0.05) is 28.5 Å². The average molecular weight is 486 g/mol. The fourth-order valence-electron chi connectivity index (χ4n) is 5.04. The zero-order valence-electron chi connectivity index (χ0n) is 19.3. The number of nitrogens with zero attached hydrogens (tertiary/aromatic N) is 1. The van der Waals surface area contributed by atoms with Gasteiger partial charge >= 0.3 is 0 Å². The quantitative estimate of drug-likeness (QED) is 0.327. The van der Waals surface area contributed by atoms with Crippen LogP contribution >= 0.6 is 23.2 Å². The number of halogens is 2. The van der Waals surface area contributed by atoms with Crippen molar-refractivity contribution < 1.29 is 9.53 Å². The second-order valence-corrected chi connectivity index (χ2v) is 10.3. The van der Waals surface area contributed by atoms with Gasteiger partial charge in [-0.3, -0.25) is 4.79 Å². The fraction of sp³-hybridized carbons (Fsp3) is 0.464. The lowest BCUT2D eigenvalue weighted by Crippen LogP contribution is -2.52. The Morgan fingerprint density at radius 3 is 2.52 bits per heavy atom. The molecule has 0 spiro atoms. The van der Waals surface area contributed by atoms with Gasteiger partial charge < -0.3 is 9.64 Å². The maximum Gasteiger partial charge on any atom is 0.226 e. The molecule has 1 aliphatic carbocycles. The number of likely N-dealkylation sites (tertiary alicyclic amines) is 1. The number of carbonyl (C=O) groups excluding carboxylic acids is 1. The second kappa shape index (κ2) is 11.1. The van der Waals surface area contributed by atoms with Crippen molar-refractivity contribution in [1.29, 1.82) is 0 Å². The van der Waals surface area contributed by atoms with Gasteiger partial charge in [-0.05, 0) is 73.4 Å². The van der Waals surface area contributed by atoms with E-state index in [4.69, 9.17) is 27.9 Å². The molecule has 0 radical (unpaired) electrons. The van der Waals surface area contributed by atoms with Crippen molar-refractivity contribution >= 4 is 29.1 Å². The first-order chi connectivity index (χ1) is 16.0. The Labute approximate surface area is 207 Å². The molecule has 3 nitrogen and oxygen atoms in total. The van der Waals surface area contributed by atoms with Crippen molar-refractivity contribution in [2.24, 2.45) is 11.8 Å².